The maximum atomic E-state index is 12.4. The van der Waals surface area contributed by atoms with E-state index in [-0.39, 0.29) is 17.1 Å². The second-order valence-corrected chi connectivity index (χ2v) is 9.52. The summed E-state index contributed by atoms with van der Waals surface area (Å²) in [5.41, 5.74) is -0.345. The fourth-order valence-electron chi connectivity index (χ4n) is 3.37. The number of ether oxygens (including phenoxy) is 1. The Labute approximate surface area is 177 Å². The van der Waals surface area contributed by atoms with Gasteiger partial charge < -0.3 is 15.0 Å². The van der Waals surface area contributed by atoms with Crippen LogP contribution in [-0.4, -0.2) is 70.2 Å². The van der Waals surface area contributed by atoms with Gasteiger partial charge in [0, 0.05) is 18.7 Å². The third-order valence-electron chi connectivity index (χ3n) is 5.18. The number of rotatable bonds is 10. The third kappa shape index (κ3) is 6.84. The van der Waals surface area contributed by atoms with Crippen molar-refractivity contribution < 1.29 is 22.9 Å². The Bertz CT molecular complexity index is 853. The normalized spacial score (nSPS) is 15.6. The molecule has 0 aromatic heterocycles. The number of nitrogens with one attached hydrogen (secondary N) is 1. The SMILES string of the molecule is COc1ccc([N+](=O)[O-])cc1N(CC(=O)NCCCN1CCC(C)CC1)S(C)(=O)=O. The molecule has 1 fully saturated rings. The van der Waals surface area contributed by atoms with E-state index in [0.717, 1.165) is 48.6 Å². The van der Waals surface area contributed by atoms with Gasteiger partial charge in [0.2, 0.25) is 15.9 Å². The molecular formula is C19H30N4O6S. The molecule has 0 saturated carbocycles. The van der Waals surface area contributed by atoms with Crippen LogP contribution in [0.25, 0.3) is 0 Å². The summed E-state index contributed by atoms with van der Waals surface area (Å²) < 4.78 is 30.6. The molecule has 0 atom stereocenters. The lowest BCUT2D eigenvalue weighted by Gasteiger charge is -2.30. The summed E-state index contributed by atoms with van der Waals surface area (Å²) in [6, 6.07) is 3.61. The van der Waals surface area contributed by atoms with E-state index in [9.17, 15) is 23.3 Å². The standard InChI is InChI=1S/C19H30N4O6S/c1-15-7-11-21(12-8-15)10-4-9-20-19(24)14-22(30(3,27)28)17-13-16(23(25)26)5-6-18(17)29-2/h5-6,13,15H,4,7-12,14H2,1-3H3,(H,20,24). The Balaban J connectivity index is 1.99. The highest BCUT2D eigenvalue weighted by Crippen LogP contribution is 2.33. The summed E-state index contributed by atoms with van der Waals surface area (Å²) in [4.78, 5) is 25.2. The lowest BCUT2D eigenvalue weighted by molar-refractivity contribution is -0.384. The van der Waals surface area contributed by atoms with Crippen LogP contribution in [0.4, 0.5) is 11.4 Å². The summed E-state index contributed by atoms with van der Waals surface area (Å²) in [6.07, 6.45) is 4.07. The van der Waals surface area contributed by atoms with Crippen LogP contribution in [0.3, 0.4) is 0 Å². The van der Waals surface area contributed by atoms with Crippen LogP contribution in [0, 0.1) is 16.0 Å². The van der Waals surface area contributed by atoms with Gasteiger partial charge in [-0.3, -0.25) is 19.2 Å². The Morgan fingerprint density at radius 1 is 1.37 bits per heavy atom. The Morgan fingerprint density at radius 2 is 2.03 bits per heavy atom. The smallest absolute Gasteiger partial charge is 0.271 e. The van der Waals surface area contributed by atoms with Crippen LogP contribution in [0.1, 0.15) is 26.2 Å². The summed E-state index contributed by atoms with van der Waals surface area (Å²) >= 11 is 0. The van der Waals surface area contributed by atoms with Gasteiger partial charge in [0.05, 0.1) is 18.3 Å². The highest BCUT2D eigenvalue weighted by atomic mass is 32.2. The first-order valence-electron chi connectivity index (χ1n) is 9.91. The minimum atomic E-state index is -3.88. The number of non-ortho nitro benzene ring substituents is 1. The molecule has 1 aliphatic rings. The second kappa shape index (κ2) is 10.6. The molecule has 1 heterocycles. The number of nitro benzene ring substituents is 1. The van der Waals surface area contributed by atoms with E-state index in [4.69, 9.17) is 4.74 Å². The summed E-state index contributed by atoms with van der Waals surface area (Å²) in [6.45, 7) is 5.18. The van der Waals surface area contributed by atoms with Crippen LogP contribution in [0.15, 0.2) is 18.2 Å². The number of anilines is 1. The molecule has 0 aliphatic carbocycles. The molecular weight excluding hydrogens is 412 g/mol. The monoisotopic (exact) mass is 442 g/mol. The van der Waals surface area contributed by atoms with Crippen molar-refractivity contribution in [1.82, 2.24) is 10.2 Å². The van der Waals surface area contributed by atoms with E-state index in [0.29, 0.717) is 6.54 Å². The van der Waals surface area contributed by atoms with Gasteiger partial charge in [0.1, 0.15) is 18.0 Å². The highest BCUT2D eigenvalue weighted by molar-refractivity contribution is 7.92. The predicted molar refractivity (Wildman–Crippen MR) is 114 cm³/mol. The van der Waals surface area contributed by atoms with Crippen LogP contribution in [0.2, 0.25) is 0 Å². The number of benzene rings is 1. The second-order valence-electron chi connectivity index (χ2n) is 7.61. The highest BCUT2D eigenvalue weighted by Gasteiger charge is 2.26. The molecule has 11 heteroatoms. The van der Waals surface area contributed by atoms with E-state index in [1.807, 2.05) is 0 Å². The lowest BCUT2D eigenvalue weighted by atomic mass is 9.99. The first-order chi connectivity index (χ1) is 14.1. The number of hydrogen-bond acceptors (Lipinski definition) is 7. The number of carbonyl (C=O) groups is 1. The van der Waals surface area contributed by atoms with Crippen molar-refractivity contribution in [3.05, 3.63) is 28.3 Å². The molecule has 30 heavy (non-hydrogen) atoms. The molecule has 0 radical (unpaired) electrons. The fraction of sp³-hybridized carbons (Fsp3) is 0.632. The maximum absolute atomic E-state index is 12.4. The molecule has 1 aliphatic heterocycles. The molecule has 1 aromatic carbocycles. The van der Waals surface area contributed by atoms with Crippen molar-refractivity contribution in [2.75, 3.05) is 50.4 Å². The van der Waals surface area contributed by atoms with E-state index in [2.05, 4.69) is 17.1 Å². The number of nitrogens with zero attached hydrogens (tertiary/aromatic N) is 3. The van der Waals surface area contributed by atoms with Gasteiger partial charge in [-0.25, -0.2) is 8.42 Å². The van der Waals surface area contributed by atoms with E-state index < -0.39 is 27.4 Å². The van der Waals surface area contributed by atoms with Crippen molar-refractivity contribution in [3.8, 4) is 5.75 Å². The Morgan fingerprint density at radius 3 is 2.60 bits per heavy atom. The summed E-state index contributed by atoms with van der Waals surface area (Å²) in [5, 5.41) is 13.8. The number of amides is 1. The number of hydrogen-bond donors (Lipinski definition) is 1. The van der Waals surface area contributed by atoms with Crippen molar-refractivity contribution in [1.29, 1.82) is 0 Å². The lowest BCUT2D eigenvalue weighted by Crippen LogP contribution is -2.41. The first kappa shape index (κ1) is 23.9. The molecule has 10 nitrogen and oxygen atoms in total. The van der Waals surface area contributed by atoms with E-state index >= 15 is 0 Å². The zero-order valence-electron chi connectivity index (χ0n) is 17.7. The largest absolute Gasteiger partial charge is 0.495 e. The molecule has 1 amide bonds. The van der Waals surface area contributed by atoms with Gasteiger partial charge in [-0.15, -0.1) is 0 Å². The van der Waals surface area contributed by atoms with Crippen molar-refractivity contribution in [2.24, 2.45) is 5.92 Å². The Kier molecular flexibility index (Phi) is 8.42. The van der Waals surface area contributed by atoms with Crippen molar-refractivity contribution in [3.63, 3.8) is 0 Å². The third-order valence-corrected chi connectivity index (χ3v) is 6.31. The van der Waals surface area contributed by atoms with Crippen molar-refractivity contribution in [2.45, 2.75) is 26.2 Å². The van der Waals surface area contributed by atoms with Crippen LogP contribution < -0.4 is 14.4 Å². The van der Waals surface area contributed by atoms with Gasteiger partial charge in [-0.05, 0) is 50.9 Å². The van der Waals surface area contributed by atoms with E-state index in [1.54, 1.807) is 0 Å². The molecule has 2 rings (SSSR count). The summed E-state index contributed by atoms with van der Waals surface area (Å²) in [7, 11) is -2.55. The molecule has 0 bridgehead atoms. The number of carbonyl (C=O) groups excluding carboxylic acids is 1. The van der Waals surface area contributed by atoms with E-state index in [1.165, 1.54) is 32.1 Å². The molecule has 1 N–H and O–H groups in total. The summed E-state index contributed by atoms with van der Waals surface area (Å²) in [5.74, 6) is 0.396. The number of nitro groups is 1. The van der Waals surface area contributed by atoms with Gasteiger partial charge in [0.15, 0.2) is 0 Å². The van der Waals surface area contributed by atoms with Crippen LogP contribution in [0.5, 0.6) is 5.75 Å². The van der Waals surface area contributed by atoms with Crippen LogP contribution in [-0.2, 0) is 14.8 Å². The molecule has 0 unspecified atom stereocenters. The Hall–Kier alpha value is -2.40. The average molecular weight is 443 g/mol. The molecule has 0 spiro atoms. The topological polar surface area (TPSA) is 122 Å². The fourth-order valence-corrected chi connectivity index (χ4v) is 4.22. The number of sulfonamides is 1. The average Bonchev–Trinajstić information content (AvgIpc) is 2.69. The van der Waals surface area contributed by atoms with Gasteiger partial charge in [-0.2, -0.15) is 0 Å². The minimum absolute atomic E-state index is 0.0493. The first-order valence-corrected chi connectivity index (χ1v) is 11.8. The zero-order valence-corrected chi connectivity index (χ0v) is 18.5. The minimum Gasteiger partial charge on any atom is -0.495 e. The molecule has 1 saturated heterocycles. The predicted octanol–water partition coefficient (Wildman–Crippen LogP) is 1.61. The number of likely N-dealkylation sites (tertiary alicyclic amines) is 1. The molecule has 1 aromatic rings. The number of methoxy groups -OCH3 is 1. The quantitative estimate of drug-likeness (QED) is 0.332. The van der Waals surface area contributed by atoms with Gasteiger partial charge in [0.25, 0.3) is 5.69 Å². The number of piperidine rings is 1. The molecule has 168 valence electrons. The van der Waals surface area contributed by atoms with Crippen molar-refractivity contribution >= 4 is 27.3 Å². The van der Waals surface area contributed by atoms with Crippen LogP contribution >= 0.6 is 0 Å². The zero-order chi connectivity index (χ0) is 22.3. The van der Waals surface area contributed by atoms with Gasteiger partial charge in [-0.1, -0.05) is 6.92 Å². The van der Waals surface area contributed by atoms with Gasteiger partial charge >= 0.3 is 0 Å². The maximum Gasteiger partial charge on any atom is 0.271 e.